The Labute approximate surface area is 192 Å². The van der Waals surface area contributed by atoms with Gasteiger partial charge < -0.3 is 20.3 Å². The number of piperidine rings is 1. The van der Waals surface area contributed by atoms with E-state index < -0.39 is 17.9 Å². The van der Waals surface area contributed by atoms with Crippen LogP contribution in [0, 0.1) is 0 Å². The fourth-order valence-electron chi connectivity index (χ4n) is 3.93. The molecule has 13 heteroatoms. The van der Waals surface area contributed by atoms with Crippen LogP contribution in [0.1, 0.15) is 28.8 Å². The number of amides is 4. The van der Waals surface area contributed by atoms with Crippen molar-refractivity contribution in [3.63, 3.8) is 0 Å². The number of alkyl halides is 3. The molecule has 2 aliphatic heterocycles. The summed E-state index contributed by atoms with van der Waals surface area (Å²) >= 11 is 0. The summed E-state index contributed by atoms with van der Waals surface area (Å²) in [7, 11) is 1.42. The summed E-state index contributed by atoms with van der Waals surface area (Å²) < 4.78 is 41.0. The lowest BCUT2D eigenvalue weighted by atomic mass is 9.87. The molecule has 2 N–H and O–H groups in total. The number of halogens is 3. The van der Waals surface area contributed by atoms with E-state index in [1.807, 2.05) is 0 Å². The first kappa shape index (κ1) is 23.3. The van der Waals surface area contributed by atoms with Crippen LogP contribution >= 0.6 is 0 Å². The number of rotatable bonds is 5. The molecule has 2 fully saturated rings. The van der Waals surface area contributed by atoms with E-state index in [-0.39, 0.29) is 48.7 Å². The first-order valence-corrected chi connectivity index (χ1v) is 10.4. The Morgan fingerprint density at radius 3 is 2.47 bits per heavy atom. The summed E-state index contributed by atoms with van der Waals surface area (Å²) in [6.07, 6.45) is -1.46. The SMILES string of the molecule is CN1C(=O)NC2(CCN(C(=O)c3cnc(NCc4cccc(OC(F)(F)F)c4)nc3)CC2)C1=O. The number of benzene rings is 1. The van der Waals surface area contributed by atoms with Crippen LogP contribution in [0.5, 0.6) is 5.75 Å². The molecule has 1 aromatic heterocycles. The van der Waals surface area contributed by atoms with Gasteiger partial charge >= 0.3 is 12.4 Å². The van der Waals surface area contributed by atoms with E-state index in [4.69, 9.17) is 0 Å². The number of likely N-dealkylation sites (N-methyl/N-ethyl adjacent to an activating group) is 1. The van der Waals surface area contributed by atoms with Crippen molar-refractivity contribution in [3.8, 4) is 5.75 Å². The number of hydrogen-bond acceptors (Lipinski definition) is 7. The molecule has 0 bridgehead atoms. The molecular weight excluding hydrogens is 457 g/mol. The maximum atomic E-state index is 12.8. The van der Waals surface area contributed by atoms with Gasteiger partial charge in [-0.3, -0.25) is 14.5 Å². The molecule has 0 radical (unpaired) electrons. The zero-order valence-corrected chi connectivity index (χ0v) is 18.1. The summed E-state index contributed by atoms with van der Waals surface area (Å²) in [4.78, 5) is 47.8. The van der Waals surface area contributed by atoms with E-state index in [9.17, 15) is 27.6 Å². The van der Waals surface area contributed by atoms with Crippen molar-refractivity contribution < 1.29 is 32.3 Å². The van der Waals surface area contributed by atoms with Crippen LogP contribution in [-0.4, -0.2) is 69.7 Å². The number of nitrogens with zero attached hydrogens (tertiary/aromatic N) is 4. The number of hydrogen-bond donors (Lipinski definition) is 2. The van der Waals surface area contributed by atoms with Crippen LogP contribution < -0.4 is 15.4 Å². The number of ether oxygens (including phenoxy) is 1. The fraction of sp³-hybridized carbons (Fsp3) is 0.381. The summed E-state index contributed by atoms with van der Waals surface area (Å²) in [5.74, 6) is -0.733. The molecule has 4 rings (SSSR count). The topological polar surface area (TPSA) is 117 Å². The third kappa shape index (κ3) is 4.87. The molecule has 0 unspecified atom stereocenters. The lowest BCUT2D eigenvalue weighted by molar-refractivity contribution is -0.274. The van der Waals surface area contributed by atoms with Crippen molar-refractivity contribution in [1.29, 1.82) is 0 Å². The molecule has 2 aromatic rings. The van der Waals surface area contributed by atoms with Gasteiger partial charge in [0.15, 0.2) is 0 Å². The standard InChI is InChI=1S/C21H21F3N6O4/c1-29-17(32)20(28-19(29)33)5-7-30(8-6-20)16(31)14-11-26-18(27-12-14)25-10-13-3-2-4-15(9-13)34-21(22,23)24/h2-4,9,11-12H,5-8,10H2,1H3,(H,28,33)(H,25,26,27). The molecule has 3 heterocycles. The molecule has 1 aromatic carbocycles. The Kier molecular flexibility index (Phi) is 6.02. The number of carbonyl (C=O) groups excluding carboxylic acids is 3. The highest BCUT2D eigenvalue weighted by molar-refractivity contribution is 6.07. The fourth-order valence-corrected chi connectivity index (χ4v) is 3.93. The predicted molar refractivity (Wildman–Crippen MR) is 112 cm³/mol. The predicted octanol–water partition coefficient (Wildman–Crippen LogP) is 2.14. The molecule has 2 saturated heterocycles. The number of carbonyl (C=O) groups is 3. The summed E-state index contributed by atoms with van der Waals surface area (Å²) in [5, 5.41) is 5.60. The van der Waals surface area contributed by atoms with Gasteiger partial charge in [0.05, 0.1) is 5.56 Å². The van der Waals surface area contributed by atoms with Crippen molar-refractivity contribution in [3.05, 3.63) is 47.8 Å². The highest BCUT2D eigenvalue weighted by Gasteiger charge is 2.51. The largest absolute Gasteiger partial charge is 0.573 e. The third-order valence-electron chi connectivity index (χ3n) is 5.75. The molecule has 0 atom stereocenters. The quantitative estimate of drug-likeness (QED) is 0.633. The van der Waals surface area contributed by atoms with Gasteiger partial charge in [0.2, 0.25) is 5.95 Å². The molecule has 2 aliphatic rings. The number of urea groups is 1. The zero-order valence-electron chi connectivity index (χ0n) is 18.1. The number of aromatic nitrogens is 2. The van der Waals surface area contributed by atoms with Crippen molar-refractivity contribution in [2.45, 2.75) is 31.3 Å². The van der Waals surface area contributed by atoms with E-state index in [2.05, 4.69) is 25.3 Å². The van der Waals surface area contributed by atoms with Crippen LogP contribution in [0.3, 0.4) is 0 Å². The van der Waals surface area contributed by atoms with Crippen LogP contribution in [0.25, 0.3) is 0 Å². The van der Waals surface area contributed by atoms with Crippen LogP contribution in [-0.2, 0) is 11.3 Å². The smallest absolute Gasteiger partial charge is 0.406 e. The van der Waals surface area contributed by atoms with E-state index in [1.165, 1.54) is 37.6 Å². The van der Waals surface area contributed by atoms with E-state index in [0.29, 0.717) is 18.4 Å². The van der Waals surface area contributed by atoms with Gasteiger partial charge in [-0.2, -0.15) is 0 Å². The van der Waals surface area contributed by atoms with E-state index >= 15 is 0 Å². The Hall–Kier alpha value is -3.90. The van der Waals surface area contributed by atoms with Gasteiger partial charge in [-0.05, 0) is 30.5 Å². The highest BCUT2D eigenvalue weighted by Crippen LogP contribution is 2.29. The van der Waals surface area contributed by atoms with Gasteiger partial charge in [-0.1, -0.05) is 12.1 Å². The lowest BCUT2D eigenvalue weighted by Crippen LogP contribution is -2.55. The third-order valence-corrected chi connectivity index (χ3v) is 5.75. The molecule has 10 nitrogen and oxygen atoms in total. The monoisotopic (exact) mass is 478 g/mol. The average molecular weight is 478 g/mol. The van der Waals surface area contributed by atoms with Gasteiger partial charge in [0.25, 0.3) is 11.8 Å². The molecule has 0 saturated carbocycles. The first-order chi connectivity index (χ1) is 16.1. The minimum Gasteiger partial charge on any atom is -0.406 e. The zero-order chi connectivity index (χ0) is 24.5. The number of anilines is 1. The molecular formula is C21H21F3N6O4. The van der Waals surface area contributed by atoms with Gasteiger partial charge in [-0.15, -0.1) is 13.2 Å². The maximum Gasteiger partial charge on any atom is 0.573 e. The van der Waals surface area contributed by atoms with Gasteiger partial charge in [-0.25, -0.2) is 14.8 Å². The van der Waals surface area contributed by atoms with Crippen LogP contribution in [0.2, 0.25) is 0 Å². The molecule has 4 amide bonds. The molecule has 34 heavy (non-hydrogen) atoms. The summed E-state index contributed by atoms with van der Waals surface area (Å²) in [6.45, 7) is 0.717. The molecule has 1 spiro atoms. The normalized spacial score (nSPS) is 17.6. The van der Waals surface area contributed by atoms with Crippen molar-refractivity contribution in [1.82, 2.24) is 25.1 Å². The number of nitrogens with one attached hydrogen (secondary N) is 2. The average Bonchev–Trinajstić information content (AvgIpc) is 3.00. The second-order valence-electron chi connectivity index (χ2n) is 8.01. The van der Waals surface area contributed by atoms with Gasteiger partial charge in [0.1, 0.15) is 11.3 Å². The molecule has 0 aliphatic carbocycles. The second-order valence-corrected chi connectivity index (χ2v) is 8.01. The summed E-state index contributed by atoms with van der Waals surface area (Å²) in [5.41, 5.74) is -0.192. The summed E-state index contributed by atoms with van der Waals surface area (Å²) in [6, 6.07) is 5.06. The van der Waals surface area contributed by atoms with E-state index in [1.54, 1.807) is 11.0 Å². The number of likely N-dealkylation sites (tertiary alicyclic amines) is 1. The number of imide groups is 1. The highest BCUT2D eigenvalue weighted by atomic mass is 19.4. The van der Waals surface area contributed by atoms with Crippen LogP contribution in [0.15, 0.2) is 36.7 Å². The maximum absolute atomic E-state index is 12.8. The minimum absolute atomic E-state index is 0.144. The van der Waals surface area contributed by atoms with Crippen molar-refractivity contribution in [2.75, 3.05) is 25.5 Å². The molecule has 180 valence electrons. The Morgan fingerprint density at radius 2 is 1.88 bits per heavy atom. The van der Waals surface area contributed by atoms with Crippen molar-refractivity contribution >= 4 is 23.8 Å². The van der Waals surface area contributed by atoms with Crippen molar-refractivity contribution in [2.24, 2.45) is 0 Å². The first-order valence-electron chi connectivity index (χ1n) is 10.4. The Bertz CT molecular complexity index is 1100. The Balaban J connectivity index is 1.32. The second kappa shape index (κ2) is 8.80. The van der Waals surface area contributed by atoms with Gasteiger partial charge in [0, 0.05) is 39.1 Å². The minimum atomic E-state index is -4.77. The van der Waals surface area contributed by atoms with Crippen LogP contribution in [0.4, 0.5) is 23.9 Å². The Morgan fingerprint density at radius 1 is 1.21 bits per heavy atom. The van der Waals surface area contributed by atoms with E-state index in [0.717, 1.165) is 4.90 Å². The lowest BCUT2D eigenvalue weighted by Gasteiger charge is -2.37.